The van der Waals surface area contributed by atoms with Crippen molar-refractivity contribution < 1.29 is 38.8 Å². The molecule has 0 rings (SSSR count). The smallest absolute Gasteiger partial charge is 1.00 e. The molecule has 0 atom stereocenters. The average molecular weight is 228 g/mol. The van der Waals surface area contributed by atoms with Crippen LogP contribution in [0.4, 0.5) is 0 Å². The van der Waals surface area contributed by atoms with Crippen molar-refractivity contribution in [3.8, 4) is 0 Å². The van der Waals surface area contributed by atoms with Crippen LogP contribution in [0.25, 0.3) is 0 Å². The summed E-state index contributed by atoms with van der Waals surface area (Å²) in [6.07, 6.45) is 0.750. The summed E-state index contributed by atoms with van der Waals surface area (Å²) in [7, 11) is 0. The summed E-state index contributed by atoms with van der Waals surface area (Å²) < 4.78 is 0. The Labute approximate surface area is 74.6 Å². The van der Waals surface area contributed by atoms with Gasteiger partial charge in [-0.3, -0.25) is 0 Å². The van der Waals surface area contributed by atoms with Crippen molar-refractivity contribution in [2.24, 2.45) is 0 Å². The van der Waals surface area contributed by atoms with Crippen LogP contribution in [0.3, 0.4) is 0 Å². The summed E-state index contributed by atoms with van der Waals surface area (Å²) in [6.45, 7) is 1.44. The predicted octanol–water partition coefficient (Wildman–Crippen LogP) is -6.17. The third-order valence-electron chi connectivity index (χ3n) is 0. The summed E-state index contributed by atoms with van der Waals surface area (Å²) >= 11 is 0. The fourth-order valence-electron chi connectivity index (χ4n) is 0. The molecule has 6 heavy (non-hydrogen) atoms. The quantitative estimate of drug-likeness (QED) is 0.298. The van der Waals surface area contributed by atoms with Crippen LogP contribution in [0, 0.1) is 0 Å². The first-order valence-corrected chi connectivity index (χ1v) is 0.813. The maximum absolute atomic E-state index is 8.81. The van der Waals surface area contributed by atoms with Crippen LogP contribution in [0.15, 0.2) is 0 Å². The monoisotopic (exact) mass is 226 g/mol. The number of aldehydes is 1. The molecule has 0 unspecified atom stereocenters. The molecule has 34 valence electrons. The van der Waals surface area contributed by atoms with Crippen LogP contribution < -0.4 is 34.0 Å². The van der Waals surface area contributed by atoms with E-state index in [4.69, 9.17) is 4.79 Å². The van der Waals surface area contributed by atoms with Crippen LogP contribution in [-0.4, -0.2) is 29.3 Å². The molecule has 0 aromatic rings. The molecule has 0 saturated carbocycles. The summed E-state index contributed by atoms with van der Waals surface area (Å²) in [5, 5.41) is 0. The van der Waals surface area contributed by atoms with Gasteiger partial charge in [-0.15, -0.1) is 0 Å². The van der Waals surface area contributed by atoms with E-state index in [0.717, 1.165) is 6.29 Å². The number of hydrogen-bond donors (Lipinski definition) is 0. The molecule has 0 aliphatic rings. The minimum absolute atomic E-state index is 0. The maximum atomic E-state index is 8.81. The standard InChI is InChI=1S/C2H4O.2BrH.Mg/c1-2-3;;;/h2H,1H3;2*1H;/q;;;+2/p-2. The van der Waals surface area contributed by atoms with E-state index in [1.165, 1.54) is 6.92 Å². The van der Waals surface area contributed by atoms with Gasteiger partial charge in [0.1, 0.15) is 6.29 Å². The number of carbonyl (C=O) groups is 1. The summed E-state index contributed by atoms with van der Waals surface area (Å²) in [4.78, 5) is 8.81. The van der Waals surface area contributed by atoms with Crippen molar-refractivity contribution in [3.05, 3.63) is 0 Å². The van der Waals surface area contributed by atoms with Crippen molar-refractivity contribution in [3.63, 3.8) is 0 Å². The van der Waals surface area contributed by atoms with E-state index in [-0.39, 0.29) is 57.0 Å². The second-order valence-electron chi connectivity index (χ2n) is 0.236. The topological polar surface area (TPSA) is 17.1 Å². The van der Waals surface area contributed by atoms with Gasteiger partial charge in [-0.05, 0) is 6.92 Å². The molecule has 0 aromatic heterocycles. The zero-order chi connectivity index (χ0) is 2.71. The van der Waals surface area contributed by atoms with Gasteiger partial charge in [-0.2, -0.15) is 0 Å². The predicted molar refractivity (Wildman–Crippen MR) is 17.5 cm³/mol. The molecular formula is C2H4Br2MgO. The van der Waals surface area contributed by atoms with E-state index < -0.39 is 0 Å². The minimum atomic E-state index is 0. The van der Waals surface area contributed by atoms with Crippen molar-refractivity contribution in [1.82, 2.24) is 0 Å². The fraction of sp³-hybridized carbons (Fsp3) is 0.500. The van der Waals surface area contributed by atoms with Crippen molar-refractivity contribution in [2.45, 2.75) is 6.92 Å². The van der Waals surface area contributed by atoms with Gasteiger partial charge in [-0.1, -0.05) is 0 Å². The Morgan fingerprint density at radius 1 is 1.33 bits per heavy atom. The van der Waals surface area contributed by atoms with Crippen LogP contribution in [0.2, 0.25) is 0 Å². The molecular weight excluding hydrogens is 224 g/mol. The number of hydrogen-bond acceptors (Lipinski definition) is 1. The second kappa shape index (κ2) is 32.4. The number of carbonyl (C=O) groups excluding carboxylic acids is 1. The normalized spacial score (nSPS) is 2.17. The summed E-state index contributed by atoms with van der Waals surface area (Å²) in [6, 6.07) is 0. The first kappa shape index (κ1) is 26.2. The van der Waals surface area contributed by atoms with E-state index >= 15 is 0 Å². The molecule has 0 amide bonds. The number of rotatable bonds is 0. The molecule has 0 aromatic carbocycles. The first-order valence-electron chi connectivity index (χ1n) is 0.813. The molecule has 0 heterocycles. The summed E-state index contributed by atoms with van der Waals surface area (Å²) in [5.74, 6) is 0. The largest absolute Gasteiger partial charge is 2.00 e. The van der Waals surface area contributed by atoms with Gasteiger partial charge in [0, 0.05) is 0 Å². The Morgan fingerprint density at radius 2 is 1.33 bits per heavy atom. The second-order valence-corrected chi connectivity index (χ2v) is 0.236. The Hall–Kier alpha value is 1.40. The Bertz CT molecular complexity index is 19.0. The van der Waals surface area contributed by atoms with Gasteiger partial charge in [-0.25, -0.2) is 0 Å². The SMILES string of the molecule is CC=O.[Br-].[Br-].[Mg+2]. The van der Waals surface area contributed by atoms with Gasteiger partial charge in [0.2, 0.25) is 0 Å². The zero-order valence-electron chi connectivity index (χ0n) is 3.45. The van der Waals surface area contributed by atoms with Crippen LogP contribution in [-0.2, 0) is 4.79 Å². The maximum Gasteiger partial charge on any atom is 2.00 e. The van der Waals surface area contributed by atoms with Crippen LogP contribution in [0.1, 0.15) is 6.92 Å². The molecule has 0 saturated heterocycles. The Morgan fingerprint density at radius 3 is 1.33 bits per heavy atom. The fourth-order valence-corrected chi connectivity index (χ4v) is 0. The Kier molecular flexibility index (Phi) is 142. The molecule has 1 nitrogen and oxygen atoms in total. The summed E-state index contributed by atoms with van der Waals surface area (Å²) in [5.41, 5.74) is 0. The van der Waals surface area contributed by atoms with Crippen molar-refractivity contribution in [1.29, 1.82) is 0 Å². The molecule has 0 radical (unpaired) electrons. The molecule has 0 bridgehead atoms. The van der Waals surface area contributed by atoms with Crippen LogP contribution in [0.5, 0.6) is 0 Å². The third kappa shape index (κ3) is 53.5. The van der Waals surface area contributed by atoms with Gasteiger partial charge >= 0.3 is 23.1 Å². The average Bonchev–Trinajstić information content (AvgIpc) is 0.918. The van der Waals surface area contributed by atoms with E-state index in [9.17, 15) is 0 Å². The van der Waals surface area contributed by atoms with Gasteiger partial charge in [0.05, 0.1) is 0 Å². The third-order valence-corrected chi connectivity index (χ3v) is 0. The van der Waals surface area contributed by atoms with E-state index in [2.05, 4.69) is 0 Å². The van der Waals surface area contributed by atoms with E-state index in [1.807, 2.05) is 0 Å². The molecule has 0 aliphatic carbocycles. The van der Waals surface area contributed by atoms with E-state index in [0.29, 0.717) is 0 Å². The molecule has 0 spiro atoms. The van der Waals surface area contributed by atoms with Crippen LogP contribution >= 0.6 is 0 Å². The first-order chi connectivity index (χ1) is 1.41. The van der Waals surface area contributed by atoms with Gasteiger partial charge in [0.15, 0.2) is 0 Å². The minimum Gasteiger partial charge on any atom is -1.00 e. The molecule has 0 N–H and O–H groups in total. The zero-order valence-corrected chi connectivity index (χ0v) is 8.03. The van der Waals surface area contributed by atoms with Gasteiger partial charge < -0.3 is 38.8 Å². The van der Waals surface area contributed by atoms with Crippen molar-refractivity contribution >= 4 is 29.3 Å². The van der Waals surface area contributed by atoms with E-state index in [1.54, 1.807) is 0 Å². The molecule has 4 heteroatoms. The number of halogens is 2. The van der Waals surface area contributed by atoms with Gasteiger partial charge in [0.25, 0.3) is 0 Å². The molecule has 0 aliphatic heterocycles. The molecule has 0 fully saturated rings. The van der Waals surface area contributed by atoms with Crippen molar-refractivity contribution in [2.75, 3.05) is 0 Å². The Balaban J connectivity index is -0.00000000667.